The molecule has 3 rings (SSSR count). The number of thiazole rings is 1. The van der Waals surface area contributed by atoms with Gasteiger partial charge in [0.05, 0.1) is 18.8 Å². The van der Waals surface area contributed by atoms with Crippen molar-refractivity contribution in [2.45, 2.75) is 32.4 Å². The van der Waals surface area contributed by atoms with E-state index in [0.717, 1.165) is 36.6 Å². The fraction of sp³-hybridized carbons (Fsp3) is 0.538. The lowest BCUT2D eigenvalue weighted by molar-refractivity contribution is 0.0945. The van der Waals surface area contributed by atoms with Gasteiger partial charge in [-0.15, -0.1) is 16.4 Å². The van der Waals surface area contributed by atoms with Crippen LogP contribution < -0.4 is 10.6 Å². The smallest absolute Gasteiger partial charge is 0.273 e. The van der Waals surface area contributed by atoms with E-state index in [2.05, 4.69) is 25.9 Å². The summed E-state index contributed by atoms with van der Waals surface area (Å²) in [6.07, 6.45) is 3.77. The molecule has 2 aromatic rings. The Labute approximate surface area is 126 Å². The summed E-state index contributed by atoms with van der Waals surface area (Å²) in [5.41, 5.74) is 1.34. The molecule has 0 radical (unpaired) electrons. The average Bonchev–Trinajstić information content (AvgIpc) is 3.15. The normalized spacial score (nSPS) is 16.0. The highest BCUT2D eigenvalue weighted by atomic mass is 32.1. The number of aryl methyl sites for hydroxylation is 1. The Kier molecular flexibility index (Phi) is 4.26. The summed E-state index contributed by atoms with van der Waals surface area (Å²) in [4.78, 5) is 16.4. The van der Waals surface area contributed by atoms with Crippen molar-refractivity contribution in [2.24, 2.45) is 0 Å². The summed E-state index contributed by atoms with van der Waals surface area (Å²) in [6.45, 7) is 4.33. The van der Waals surface area contributed by atoms with Crippen LogP contribution in [0.15, 0.2) is 11.6 Å². The highest BCUT2D eigenvalue weighted by Gasteiger charge is 2.18. The van der Waals surface area contributed by atoms with Gasteiger partial charge in [0, 0.05) is 11.1 Å². The largest absolute Gasteiger partial charge is 0.344 e. The second-order valence-electron chi connectivity index (χ2n) is 5.13. The average molecular weight is 306 g/mol. The molecule has 0 spiro atoms. The molecular formula is C13H18N6OS. The number of carbonyl (C=O) groups is 1. The first-order valence-electron chi connectivity index (χ1n) is 7.04. The highest BCUT2D eigenvalue weighted by molar-refractivity contribution is 7.09. The summed E-state index contributed by atoms with van der Waals surface area (Å²) in [7, 11) is 0. The van der Waals surface area contributed by atoms with Crippen LogP contribution >= 0.6 is 11.3 Å². The van der Waals surface area contributed by atoms with Crippen molar-refractivity contribution in [2.75, 3.05) is 13.1 Å². The first-order valence-corrected chi connectivity index (χ1v) is 7.92. The van der Waals surface area contributed by atoms with Gasteiger partial charge in [-0.1, -0.05) is 5.21 Å². The van der Waals surface area contributed by atoms with Crippen molar-refractivity contribution < 1.29 is 4.79 Å². The van der Waals surface area contributed by atoms with Crippen LogP contribution in [0.1, 0.15) is 40.1 Å². The van der Waals surface area contributed by atoms with Crippen molar-refractivity contribution in [1.82, 2.24) is 30.6 Å². The van der Waals surface area contributed by atoms with Gasteiger partial charge < -0.3 is 10.6 Å². The summed E-state index contributed by atoms with van der Waals surface area (Å²) in [5, 5.41) is 17.1. The third kappa shape index (κ3) is 3.45. The summed E-state index contributed by atoms with van der Waals surface area (Å²) < 4.78 is 1.81. The Hall–Kier alpha value is -1.80. The zero-order valence-corrected chi connectivity index (χ0v) is 12.7. The molecular weight excluding hydrogens is 288 g/mol. The molecule has 0 aliphatic carbocycles. The molecule has 1 fully saturated rings. The Balaban J connectivity index is 1.58. The minimum absolute atomic E-state index is 0.206. The Morgan fingerprint density at radius 1 is 1.52 bits per heavy atom. The van der Waals surface area contributed by atoms with E-state index < -0.39 is 0 Å². The van der Waals surface area contributed by atoms with Gasteiger partial charge in [0.1, 0.15) is 5.01 Å². The van der Waals surface area contributed by atoms with Gasteiger partial charge >= 0.3 is 0 Å². The van der Waals surface area contributed by atoms with Crippen molar-refractivity contribution in [3.63, 3.8) is 0 Å². The molecule has 3 heterocycles. The molecule has 1 aliphatic rings. The highest BCUT2D eigenvalue weighted by Crippen LogP contribution is 2.17. The van der Waals surface area contributed by atoms with Gasteiger partial charge in [0.25, 0.3) is 5.91 Å². The van der Waals surface area contributed by atoms with E-state index in [1.165, 1.54) is 0 Å². The van der Waals surface area contributed by atoms with Gasteiger partial charge in [0.15, 0.2) is 5.69 Å². The number of hydrogen-bond acceptors (Lipinski definition) is 6. The fourth-order valence-electron chi connectivity index (χ4n) is 2.36. The van der Waals surface area contributed by atoms with E-state index in [1.807, 2.05) is 17.0 Å². The van der Waals surface area contributed by atoms with Gasteiger partial charge in [-0.3, -0.25) is 4.79 Å². The number of aromatic nitrogens is 4. The second-order valence-corrected chi connectivity index (χ2v) is 6.07. The van der Waals surface area contributed by atoms with Crippen LogP contribution in [0.2, 0.25) is 0 Å². The minimum atomic E-state index is -0.206. The number of rotatable bonds is 4. The molecule has 1 amide bonds. The standard InChI is InChI=1S/C13H18N6OS/c1-9-8-21-12(16-9)6-15-13(20)11-7-19(18-17-11)10-2-4-14-5-3-10/h7-8,10,14H,2-6H2,1H3,(H,15,20). The van der Waals surface area contributed by atoms with E-state index in [-0.39, 0.29) is 5.91 Å². The van der Waals surface area contributed by atoms with Gasteiger partial charge in [-0.05, 0) is 32.9 Å². The molecule has 2 N–H and O–H groups in total. The van der Waals surface area contributed by atoms with E-state index in [0.29, 0.717) is 18.3 Å². The molecule has 112 valence electrons. The van der Waals surface area contributed by atoms with Gasteiger partial charge in [0.2, 0.25) is 0 Å². The molecule has 1 aliphatic heterocycles. The molecule has 0 bridgehead atoms. The van der Waals surface area contributed by atoms with Crippen molar-refractivity contribution in [1.29, 1.82) is 0 Å². The molecule has 7 nitrogen and oxygen atoms in total. The predicted octanol–water partition coefficient (Wildman–Crippen LogP) is 0.898. The number of nitrogens with zero attached hydrogens (tertiary/aromatic N) is 4. The zero-order valence-electron chi connectivity index (χ0n) is 11.9. The zero-order chi connectivity index (χ0) is 14.7. The van der Waals surface area contributed by atoms with Crippen LogP contribution in [0, 0.1) is 6.92 Å². The quantitative estimate of drug-likeness (QED) is 0.876. The molecule has 1 saturated heterocycles. The van der Waals surface area contributed by atoms with Crippen molar-refractivity contribution in [3.8, 4) is 0 Å². The van der Waals surface area contributed by atoms with Crippen LogP contribution in [0.5, 0.6) is 0 Å². The lowest BCUT2D eigenvalue weighted by Crippen LogP contribution is -2.29. The van der Waals surface area contributed by atoms with Gasteiger partial charge in [-0.2, -0.15) is 0 Å². The third-order valence-corrected chi connectivity index (χ3v) is 4.46. The summed E-state index contributed by atoms with van der Waals surface area (Å²) >= 11 is 1.54. The number of carbonyl (C=O) groups excluding carboxylic acids is 1. The molecule has 2 aromatic heterocycles. The second kappa shape index (κ2) is 6.31. The van der Waals surface area contributed by atoms with Crippen molar-refractivity contribution in [3.05, 3.63) is 28.0 Å². The third-order valence-electron chi connectivity index (χ3n) is 3.49. The monoisotopic (exact) mass is 306 g/mol. The number of hydrogen-bond donors (Lipinski definition) is 2. The molecule has 21 heavy (non-hydrogen) atoms. The summed E-state index contributed by atoms with van der Waals surface area (Å²) in [5.74, 6) is -0.206. The van der Waals surface area contributed by atoms with E-state index in [9.17, 15) is 4.79 Å². The first-order chi connectivity index (χ1) is 10.2. The van der Waals surface area contributed by atoms with Crippen LogP contribution in [0.25, 0.3) is 0 Å². The SMILES string of the molecule is Cc1csc(CNC(=O)c2cn(C3CCNCC3)nn2)n1. The Bertz CT molecular complexity index is 616. The fourth-order valence-corrected chi connectivity index (χ4v) is 3.07. The van der Waals surface area contributed by atoms with Crippen molar-refractivity contribution >= 4 is 17.2 Å². The number of nitrogens with one attached hydrogen (secondary N) is 2. The molecule has 0 saturated carbocycles. The number of amides is 1. The summed E-state index contributed by atoms with van der Waals surface area (Å²) in [6, 6.07) is 0.335. The Morgan fingerprint density at radius 3 is 3.05 bits per heavy atom. The maximum atomic E-state index is 12.1. The minimum Gasteiger partial charge on any atom is -0.344 e. The molecule has 0 aromatic carbocycles. The maximum Gasteiger partial charge on any atom is 0.273 e. The predicted molar refractivity (Wildman–Crippen MR) is 79.2 cm³/mol. The van der Waals surface area contributed by atoms with Crippen LogP contribution in [-0.4, -0.2) is 39.0 Å². The maximum absolute atomic E-state index is 12.1. The Morgan fingerprint density at radius 2 is 2.33 bits per heavy atom. The van der Waals surface area contributed by atoms with Gasteiger partial charge in [-0.25, -0.2) is 9.67 Å². The van der Waals surface area contributed by atoms with Crippen LogP contribution in [0.3, 0.4) is 0 Å². The lowest BCUT2D eigenvalue weighted by atomic mass is 10.1. The number of piperidine rings is 1. The lowest BCUT2D eigenvalue weighted by Gasteiger charge is -2.22. The van der Waals surface area contributed by atoms with Crippen LogP contribution in [-0.2, 0) is 6.54 Å². The van der Waals surface area contributed by atoms with Crippen LogP contribution in [0.4, 0.5) is 0 Å². The van der Waals surface area contributed by atoms with E-state index >= 15 is 0 Å². The van der Waals surface area contributed by atoms with E-state index in [4.69, 9.17) is 0 Å². The molecule has 0 unspecified atom stereocenters. The van der Waals surface area contributed by atoms with E-state index in [1.54, 1.807) is 17.5 Å². The molecule has 8 heteroatoms. The molecule has 0 atom stereocenters. The topological polar surface area (TPSA) is 84.7 Å². The first kappa shape index (κ1) is 14.2.